The van der Waals surface area contributed by atoms with Gasteiger partial charge in [-0.1, -0.05) is 24.3 Å². The fraction of sp³-hybridized carbons (Fsp3) is 0.174. The topological polar surface area (TPSA) is 79.1 Å². The van der Waals surface area contributed by atoms with Crippen molar-refractivity contribution in [2.75, 3.05) is 0 Å². The van der Waals surface area contributed by atoms with Crippen LogP contribution >= 0.6 is 0 Å². The Bertz CT molecular complexity index is 1340. The van der Waals surface area contributed by atoms with Crippen molar-refractivity contribution in [2.45, 2.75) is 26.4 Å². The van der Waals surface area contributed by atoms with E-state index >= 15 is 0 Å². The Labute approximate surface area is 167 Å². The van der Waals surface area contributed by atoms with Crippen LogP contribution in [0.3, 0.4) is 0 Å². The second kappa shape index (κ2) is 6.25. The molecule has 4 aromatic heterocycles. The number of aromatic nitrogens is 5. The van der Waals surface area contributed by atoms with Crippen LogP contribution in [0.5, 0.6) is 0 Å². The van der Waals surface area contributed by atoms with E-state index in [0.29, 0.717) is 0 Å². The average molecular weight is 383 g/mol. The first kappa shape index (κ1) is 17.6. The minimum Gasteiger partial charge on any atom is -0.386 e. The highest BCUT2D eigenvalue weighted by Crippen LogP contribution is 2.33. The van der Waals surface area contributed by atoms with E-state index < -0.39 is 5.60 Å². The number of rotatable bonds is 3. The third-order valence-electron chi connectivity index (χ3n) is 5.29. The molecular formula is C23H21N5O. The SMILES string of the molecule is Cc1ncccc1-c1nc(-c2ccc(C(C)(C)O)cc2)c2cnc3[nH]ccc3n12. The van der Waals surface area contributed by atoms with Crippen molar-refractivity contribution in [2.24, 2.45) is 0 Å². The normalized spacial score (nSPS) is 12.1. The number of H-pyrrole nitrogens is 1. The number of hydrogen-bond acceptors (Lipinski definition) is 4. The molecule has 5 rings (SSSR count). The summed E-state index contributed by atoms with van der Waals surface area (Å²) in [5.41, 5.74) is 6.39. The van der Waals surface area contributed by atoms with Gasteiger partial charge in [0.15, 0.2) is 5.65 Å². The maximum Gasteiger partial charge on any atom is 0.154 e. The summed E-state index contributed by atoms with van der Waals surface area (Å²) < 4.78 is 2.13. The van der Waals surface area contributed by atoms with Crippen LogP contribution in [0.4, 0.5) is 0 Å². The Morgan fingerprint density at radius 1 is 1.00 bits per heavy atom. The summed E-state index contributed by atoms with van der Waals surface area (Å²) in [6, 6.07) is 13.9. The van der Waals surface area contributed by atoms with Crippen molar-refractivity contribution < 1.29 is 5.11 Å². The summed E-state index contributed by atoms with van der Waals surface area (Å²) in [4.78, 5) is 17.2. The minimum atomic E-state index is -0.883. The molecule has 0 aliphatic rings. The standard InChI is InChI=1S/C23H21N5O/c1-14-17(5-4-11-24-14)22-27-20(15-6-8-16(9-7-15)23(2,3)29)19-13-26-21-18(28(19)22)10-12-25-21/h4-13,25,29H,1-3H3. The van der Waals surface area contributed by atoms with Crippen molar-refractivity contribution >= 4 is 16.7 Å². The first-order chi connectivity index (χ1) is 13.9. The Morgan fingerprint density at radius 3 is 2.52 bits per heavy atom. The third-order valence-corrected chi connectivity index (χ3v) is 5.29. The van der Waals surface area contributed by atoms with Gasteiger partial charge in [-0.25, -0.2) is 9.97 Å². The number of fused-ring (bicyclic) bond motifs is 3. The molecule has 5 aromatic rings. The summed E-state index contributed by atoms with van der Waals surface area (Å²) >= 11 is 0. The van der Waals surface area contributed by atoms with Crippen molar-refractivity contribution in [3.63, 3.8) is 0 Å². The van der Waals surface area contributed by atoms with Crippen LogP contribution in [0.2, 0.25) is 0 Å². The van der Waals surface area contributed by atoms with Gasteiger partial charge in [-0.3, -0.25) is 9.38 Å². The molecule has 0 spiro atoms. The van der Waals surface area contributed by atoms with Gasteiger partial charge in [0.05, 0.1) is 28.5 Å². The monoisotopic (exact) mass is 383 g/mol. The fourth-order valence-corrected chi connectivity index (χ4v) is 3.71. The first-order valence-electron chi connectivity index (χ1n) is 9.53. The maximum absolute atomic E-state index is 10.3. The zero-order valence-electron chi connectivity index (χ0n) is 16.5. The molecular weight excluding hydrogens is 362 g/mol. The van der Waals surface area contributed by atoms with Gasteiger partial charge >= 0.3 is 0 Å². The molecule has 0 unspecified atom stereocenters. The lowest BCUT2D eigenvalue weighted by Gasteiger charge is -2.17. The summed E-state index contributed by atoms with van der Waals surface area (Å²) in [6.45, 7) is 5.55. The van der Waals surface area contributed by atoms with Gasteiger partial charge in [0, 0.05) is 29.2 Å². The van der Waals surface area contributed by atoms with E-state index in [0.717, 1.165) is 50.6 Å². The molecule has 29 heavy (non-hydrogen) atoms. The summed E-state index contributed by atoms with van der Waals surface area (Å²) in [5.74, 6) is 0.833. The predicted octanol–water partition coefficient (Wildman–Crippen LogP) is 4.48. The van der Waals surface area contributed by atoms with Gasteiger partial charge in [-0.2, -0.15) is 0 Å². The van der Waals surface area contributed by atoms with E-state index in [-0.39, 0.29) is 0 Å². The molecule has 1 aromatic carbocycles. The molecule has 6 heteroatoms. The number of aromatic amines is 1. The van der Waals surface area contributed by atoms with Crippen LogP contribution in [0, 0.1) is 6.92 Å². The Balaban J connectivity index is 1.80. The Morgan fingerprint density at radius 2 is 1.79 bits per heavy atom. The number of hydrogen-bond donors (Lipinski definition) is 2. The largest absolute Gasteiger partial charge is 0.386 e. The number of nitrogens with one attached hydrogen (secondary N) is 1. The van der Waals surface area contributed by atoms with E-state index in [1.807, 2.05) is 61.8 Å². The highest BCUT2D eigenvalue weighted by Gasteiger charge is 2.20. The van der Waals surface area contributed by atoms with E-state index in [1.165, 1.54) is 0 Å². The van der Waals surface area contributed by atoms with Crippen molar-refractivity contribution in [3.8, 4) is 22.6 Å². The summed E-state index contributed by atoms with van der Waals surface area (Å²) in [5, 5.41) is 10.3. The van der Waals surface area contributed by atoms with Crippen LogP contribution in [-0.2, 0) is 5.60 Å². The zero-order valence-corrected chi connectivity index (χ0v) is 16.5. The van der Waals surface area contributed by atoms with Gasteiger partial charge in [0.1, 0.15) is 5.82 Å². The number of benzene rings is 1. The van der Waals surface area contributed by atoms with Gasteiger partial charge < -0.3 is 10.1 Å². The Hall–Kier alpha value is -3.51. The van der Waals surface area contributed by atoms with E-state index in [2.05, 4.69) is 19.4 Å². The van der Waals surface area contributed by atoms with E-state index in [1.54, 1.807) is 20.0 Å². The average Bonchev–Trinajstić information content (AvgIpc) is 3.32. The molecule has 0 radical (unpaired) electrons. The minimum absolute atomic E-state index is 0.807. The molecule has 0 aliphatic carbocycles. The molecule has 144 valence electrons. The van der Waals surface area contributed by atoms with Crippen molar-refractivity contribution in [3.05, 3.63) is 72.3 Å². The number of pyridine rings is 1. The molecule has 0 fully saturated rings. The van der Waals surface area contributed by atoms with Crippen LogP contribution in [0.15, 0.2) is 61.1 Å². The predicted molar refractivity (Wildman–Crippen MR) is 113 cm³/mol. The smallest absolute Gasteiger partial charge is 0.154 e. The maximum atomic E-state index is 10.3. The molecule has 2 N–H and O–H groups in total. The molecule has 0 atom stereocenters. The van der Waals surface area contributed by atoms with E-state index in [9.17, 15) is 5.11 Å². The van der Waals surface area contributed by atoms with Crippen LogP contribution in [-0.4, -0.2) is 29.4 Å². The van der Waals surface area contributed by atoms with Crippen molar-refractivity contribution in [1.29, 1.82) is 0 Å². The molecule has 6 nitrogen and oxygen atoms in total. The quantitative estimate of drug-likeness (QED) is 0.482. The van der Waals surface area contributed by atoms with Gasteiger partial charge in [-0.15, -0.1) is 0 Å². The molecule has 0 bridgehead atoms. The lowest BCUT2D eigenvalue weighted by atomic mass is 9.97. The molecule has 0 aliphatic heterocycles. The lowest BCUT2D eigenvalue weighted by molar-refractivity contribution is 0.0786. The van der Waals surface area contributed by atoms with Crippen LogP contribution in [0.25, 0.3) is 39.3 Å². The van der Waals surface area contributed by atoms with Crippen molar-refractivity contribution in [1.82, 2.24) is 24.3 Å². The van der Waals surface area contributed by atoms with E-state index in [4.69, 9.17) is 4.98 Å². The number of aryl methyl sites for hydroxylation is 1. The summed E-state index contributed by atoms with van der Waals surface area (Å²) in [6.07, 6.45) is 5.52. The number of nitrogens with zero attached hydrogens (tertiary/aromatic N) is 4. The van der Waals surface area contributed by atoms with Gasteiger partial charge in [-0.05, 0) is 44.5 Å². The van der Waals surface area contributed by atoms with Crippen LogP contribution in [0.1, 0.15) is 25.1 Å². The summed E-state index contributed by atoms with van der Waals surface area (Å²) in [7, 11) is 0. The molecule has 0 amide bonds. The van der Waals surface area contributed by atoms with Gasteiger partial charge in [0.25, 0.3) is 0 Å². The second-order valence-electron chi connectivity index (χ2n) is 7.75. The molecule has 0 saturated carbocycles. The number of aliphatic hydroxyl groups is 1. The lowest BCUT2D eigenvalue weighted by Crippen LogP contribution is -2.14. The van der Waals surface area contributed by atoms with Crippen LogP contribution < -0.4 is 0 Å². The fourth-order valence-electron chi connectivity index (χ4n) is 3.71. The zero-order chi connectivity index (χ0) is 20.2. The molecule has 0 saturated heterocycles. The second-order valence-corrected chi connectivity index (χ2v) is 7.75. The Kier molecular flexibility index (Phi) is 3.79. The third kappa shape index (κ3) is 2.80. The number of imidazole rings is 1. The first-order valence-corrected chi connectivity index (χ1v) is 9.53. The highest BCUT2D eigenvalue weighted by molar-refractivity contribution is 5.87. The van der Waals surface area contributed by atoms with Gasteiger partial charge in [0.2, 0.25) is 0 Å². The highest BCUT2D eigenvalue weighted by atomic mass is 16.3. The molecule has 4 heterocycles.